The van der Waals surface area contributed by atoms with Crippen LogP contribution in [0.4, 0.5) is 5.88 Å². The maximum Gasteiger partial charge on any atom is 0.433 e. The van der Waals surface area contributed by atoms with Gasteiger partial charge in [0.1, 0.15) is 16.5 Å². The molecule has 0 amide bonds. The fraction of sp³-hybridized carbons (Fsp3) is 0.152. The molecule has 5 rings (SSSR count). The predicted octanol–water partition coefficient (Wildman–Crippen LogP) is 7.06. The van der Waals surface area contributed by atoms with Crippen LogP contribution in [0, 0.1) is 28.9 Å². The van der Waals surface area contributed by atoms with Gasteiger partial charge < -0.3 is 4.42 Å². The lowest BCUT2D eigenvalue weighted by molar-refractivity contribution is -0.402. The largest absolute Gasteiger partial charge is 0.433 e. The molecular weight excluding hydrogens is 502 g/mol. The summed E-state index contributed by atoms with van der Waals surface area (Å²) in [5, 5.41) is 11.5. The molecule has 0 aliphatic heterocycles. The average Bonchev–Trinajstić information content (AvgIpc) is 3.41. The summed E-state index contributed by atoms with van der Waals surface area (Å²) in [4.78, 5) is 28.7. The molecule has 0 spiro atoms. The van der Waals surface area contributed by atoms with Crippen molar-refractivity contribution in [1.29, 1.82) is 0 Å². The third-order valence-corrected chi connectivity index (χ3v) is 6.53. The van der Waals surface area contributed by atoms with E-state index >= 15 is 0 Å². The second-order valence-electron chi connectivity index (χ2n) is 10.5. The van der Waals surface area contributed by atoms with Crippen LogP contribution in [0.2, 0.25) is 0 Å². The van der Waals surface area contributed by atoms with Gasteiger partial charge in [0.15, 0.2) is 0 Å². The van der Waals surface area contributed by atoms with Gasteiger partial charge in [-0.2, -0.15) is 0 Å². The van der Waals surface area contributed by atoms with Gasteiger partial charge >= 0.3 is 5.88 Å². The van der Waals surface area contributed by atoms with Crippen molar-refractivity contribution in [3.8, 4) is 17.5 Å². The highest BCUT2D eigenvalue weighted by atomic mass is 16.6. The first kappa shape index (κ1) is 26.4. The number of fused-ring (bicyclic) bond motifs is 1. The van der Waals surface area contributed by atoms with Gasteiger partial charge in [0.05, 0.1) is 22.7 Å². The molecule has 3 aromatic carbocycles. The van der Waals surface area contributed by atoms with E-state index in [2.05, 4.69) is 44.7 Å². The van der Waals surface area contributed by atoms with Crippen LogP contribution < -0.4 is 5.56 Å². The number of aryl methyl sites for hydroxylation is 1. The van der Waals surface area contributed by atoms with Crippen molar-refractivity contribution >= 4 is 28.9 Å². The average molecular weight is 530 g/mol. The maximum atomic E-state index is 13.6. The van der Waals surface area contributed by atoms with Crippen molar-refractivity contribution in [2.75, 3.05) is 0 Å². The molecule has 0 fully saturated rings. The quantitative estimate of drug-likeness (QED) is 0.141. The minimum absolute atomic E-state index is 0.0819. The third kappa shape index (κ3) is 5.47. The van der Waals surface area contributed by atoms with Crippen molar-refractivity contribution in [1.82, 2.24) is 9.55 Å². The van der Waals surface area contributed by atoms with E-state index in [1.165, 1.54) is 22.3 Å². The molecule has 0 atom stereocenters. The first-order chi connectivity index (χ1) is 19.1. The Labute approximate surface area is 231 Å². The van der Waals surface area contributed by atoms with Gasteiger partial charge in [0.25, 0.3) is 5.56 Å². The van der Waals surface area contributed by atoms with E-state index in [4.69, 9.17) is 9.40 Å². The van der Waals surface area contributed by atoms with Gasteiger partial charge in [-0.25, -0.2) is 4.98 Å². The van der Waals surface area contributed by atoms with Crippen LogP contribution in [-0.2, 0) is 5.41 Å². The van der Waals surface area contributed by atoms with Crippen LogP contribution in [0.15, 0.2) is 88.1 Å². The maximum absolute atomic E-state index is 13.6. The van der Waals surface area contributed by atoms with E-state index in [0.717, 1.165) is 16.7 Å². The first-order valence-corrected chi connectivity index (χ1v) is 12.8. The minimum Gasteiger partial charge on any atom is -0.401 e. The number of hydrogen-bond donors (Lipinski definition) is 0. The van der Waals surface area contributed by atoms with E-state index in [0.29, 0.717) is 22.4 Å². The number of benzene rings is 3. The summed E-state index contributed by atoms with van der Waals surface area (Å²) in [6.07, 6.45) is 3.17. The van der Waals surface area contributed by atoms with Crippen LogP contribution in [0.1, 0.15) is 54.6 Å². The van der Waals surface area contributed by atoms with Crippen LogP contribution in [0.25, 0.3) is 28.7 Å². The van der Waals surface area contributed by atoms with Crippen LogP contribution in [0.3, 0.4) is 0 Å². The minimum atomic E-state index is -0.601. The Bertz CT molecular complexity index is 1890. The second kappa shape index (κ2) is 10.5. The Morgan fingerprint density at radius 2 is 1.62 bits per heavy atom. The highest BCUT2D eigenvalue weighted by molar-refractivity contribution is 5.80. The SMILES string of the molecule is Cc1cc(C#Cc2ccc(C(C)(C)C)cc2)ccc1-n1c(/C=C/c2ccc([N+](=O)[O-])o2)nc2ccccc2c1=O. The molecule has 0 unspecified atom stereocenters. The van der Waals surface area contributed by atoms with Crippen molar-refractivity contribution in [2.24, 2.45) is 0 Å². The number of aromatic nitrogens is 2. The molecule has 0 radical (unpaired) electrons. The fourth-order valence-electron chi connectivity index (χ4n) is 4.36. The van der Waals surface area contributed by atoms with E-state index in [1.807, 2.05) is 43.3 Å². The Balaban J connectivity index is 1.54. The molecular formula is C33H27N3O4. The molecule has 0 aliphatic carbocycles. The summed E-state index contributed by atoms with van der Waals surface area (Å²) in [5.74, 6) is 6.72. The molecule has 0 bridgehead atoms. The third-order valence-electron chi connectivity index (χ3n) is 6.53. The summed E-state index contributed by atoms with van der Waals surface area (Å²) in [5.41, 5.74) is 4.91. The van der Waals surface area contributed by atoms with Gasteiger partial charge in [0, 0.05) is 11.1 Å². The zero-order valence-electron chi connectivity index (χ0n) is 22.6. The zero-order valence-corrected chi connectivity index (χ0v) is 22.6. The lowest BCUT2D eigenvalue weighted by atomic mass is 9.87. The van der Waals surface area contributed by atoms with Gasteiger partial charge in [-0.05, 0) is 84.1 Å². The highest BCUT2D eigenvalue weighted by Crippen LogP contribution is 2.23. The molecule has 7 nitrogen and oxygen atoms in total. The van der Waals surface area contributed by atoms with Crippen LogP contribution >= 0.6 is 0 Å². The van der Waals surface area contributed by atoms with E-state index in [1.54, 1.807) is 30.4 Å². The highest BCUT2D eigenvalue weighted by Gasteiger charge is 2.15. The molecule has 0 saturated heterocycles. The molecule has 0 aliphatic rings. The number of rotatable bonds is 4. The van der Waals surface area contributed by atoms with Crippen molar-refractivity contribution in [3.05, 3.63) is 133 Å². The summed E-state index contributed by atoms with van der Waals surface area (Å²) in [6, 6.07) is 23.8. The van der Waals surface area contributed by atoms with Crippen molar-refractivity contribution in [2.45, 2.75) is 33.1 Å². The summed E-state index contributed by atoms with van der Waals surface area (Å²) in [6.45, 7) is 8.46. The lowest BCUT2D eigenvalue weighted by Gasteiger charge is -2.18. The smallest absolute Gasteiger partial charge is 0.401 e. The molecule has 0 N–H and O–H groups in total. The van der Waals surface area contributed by atoms with E-state index in [-0.39, 0.29) is 22.6 Å². The fourth-order valence-corrected chi connectivity index (χ4v) is 4.36. The van der Waals surface area contributed by atoms with Gasteiger partial charge in [-0.3, -0.25) is 19.5 Å². The molecule has 2 heterocycles. The summed E-state index contributed by atoms with van der Waals surface area (Å²) < 4.78 is 6.78. The predicted molar refractivity (Wildman–Crippen MR) is 157 cm³/mol. The number of furan rings is 1. The molecule has 5 aromatic rings. The van der Waals surface area contributed by atoms with E-state index < -0.39 is 4.92 Å². The molecule has 0 saturated carbocycles. The number of hydrogen-bond acceptors (Lipinski definition) is 5. The summed E-state index contributed by atoms with van der Waals surface area (Å²) >= 11 is 0. The molecule has 7 heteroatoms. The summed E-state index contributed by atoms with van der Waals surface area (Å²) in [7, 11) is 0. The van der Waals surface area contributed by atoms with Crippen molar-refractivity contribution < 1.29 is 9.34 Å². The Kier molecular flexibility index (Phi) is 6.93. The van der Waals surface area contributed by atoms with Gasteiger partial charge in [0.2, 0.25) is 0 Å². The Morgan fingerprint density at radius 3 is 2.30 bits per heavy atom. The Morgan fingerprint density at radius 1 is 0.925 bits per heavy atom. The van der Waals surface area contributed by atoms with Crippen LogP contribution in [0.5, 0.6) is 0 Å². The zero-order chi connectivity index (χ0) is 28.4. The lowest BCUT2D eigenvalue weighted by Crippen LogP contribution is -2.23. The Hall–Kier alpha value is -5.22. The topological polar surface area (TPSA) is 91.2 Å². The molecule has 40 heavy (non-hydrogen) atoms. The molecule has 2 aromatic heterocycles. The number of para-hydroxylation sites is 1. The molecule has 198 valence electrons. The van der Waals surface area contributed by atoms with Gasteiger partial charge in [-0.15, -0.1) is 0 Å². The standard InChI is InChI=1S/C33H27N3O4/c1-22-21-24(10-9-23-11-14-25(15-12-23)33(2,3)4)13-18-29(22)35-30(19-16-26-17-20-31(40-26)36(38)39)34-28-8-6-5-7-27(28)32(35)37/h5-8,11-21H,1-4H3/b19-16+. The monoisotopic (exact) mass is 529 g/mol. The second-order valence-corrected chi connectivity index (χ2v) is 10.5. The number of nitro groups is 1. The first-order valence-electron chi connectivity index (χ1n) is 12.8. The van der Waals surface area contributed by atoms with E-state index in [9.17, 15) is 14.9 Å². The van der Waals surface area contributed by atoms with Gasteiger partial charge in [-0.1, -0.05) is 56.9 Å². The normalized spacial score (nSPS) is 11.5. The van der Waals surface area contributed by atoms with Crippen molar-refractivity contribution in [3.63, 3.8) is 0 Å². The number of nitrogens with zero attached hydrogens (tertiary/aromatic N) is 3. The van der Waals surface area contributed by atoms with Crippen LogP contribution in [-0.4, -0.2) is 14.5 Å².